The first-order valence-corrected chi connectivity index (χ1v) is 8.65. The van der Waals surface area contributed by atoms with Crippen molar-refractivity contribution < 1.29 is 9.53 Å². The van der Waals surface area contributed by atoms with E-state index in [-0.39, 0.29) is 5.69 Å². The van der Waals surface area contributed by atoms with Gasteiger partial charge in [0.2, 0.25) is 0 Å². The molecule has 0 spiro atoms. The highest BCUT2D eigenvalue weighted by molar-refractivity contribution is 5.90. The molecular formula is C17H31N3O2. The lowest BCUT2D eigenvalue weighted by Crippen LogP contribution is -2.13. The summed E-state index contributed by atoms with van der Waals surface area (Å²) in [5.74, 6) is -0.506. The van der Waals surface area contributed by atoms with Gasteiger partial charge in [-0.3, -0.25) is 4.79 Å². The zero-order valence-electron chi connectivity index (χ0n) is 13.9. The van der Waals surface area contributed by atoms with E-state index in [1.54, 1.807) is 16.9 Å². The number of amides is 1. The molecule has 0 aromatic carbocycles. The molecule has 0 aliphatic carbocycles. The van der Waals surface area contributed by atoms with Crippen molar-refractivity contribution in [1.29, 1.82) is 0 Å². The SMILES string of the molecule is CCCCCCCCCCCCOCn1ccc(C(N)=O)n1. The molecule has 22 heavy (non-hydrogen) atoms. The van der Waals surface area contributed by atoms with Crippen molar-refractivity contribution in [2.75, 3.05) is 6.61 Å². The zero-order valence-corrected chi connectivity index (χ0v) is 13.9. The van der Waals surface area contributed by atoms with Crippen molar-refractivity contribution in [3.8, 4) is 0 Å². The van der Waals surface area contributed by atoms with E-state index < -0.39 is 5.91 Å². The third-order valence-electron chi connectivity index (χ3n) is 3.76. The van der Waals surface area contributed by atoms with Gasteiger partial charge in [-0.15, -0.1) is 0 Å². The maximum atomic E-state index is 10.9. The van der Waals surface area contributed by atoms with Crippen LogP contribution in [0.4, 0.5) is 0 Å². The van der Waals surface area contributed by atoms with Crippen LogP contribution in [0.5, 0.6) is 0 Å². The van der Waals surface area contributed by atoms with E-state index in [0.29, 0.717) is 6.73 Å². The predicted molar refractivity (Wildman–Crippen MR) is 88.5 cm³/mol. The summed E-state index contributed by atoms with van der Waals surface area (Å²) in [6.45, 7) is 3.37. The molecule has 0 radical (unpaired) electrons. The fraction of sp³-hybridized carbons (Fsp3) is 0.765. The number of nitrogens with zero attached hydrogens (tertiary/aromatic N) is 2. The largest absolute Gasteiger partial charge is 0.364 e. The Bertz CT molecular complexity index is 404. The molecule has 0 atom stereocenters. The number of unbranched alkanes of at least 4 members (excludes halogenated alkanes) is 9. The zero-order chi connectivity index (χ0) is 16.0. The molecule has 1 aromatic heterocycles. The molecule has 1 rings (SSSR count). The number of carbonyl (C=O) groups excluding carboxylic acids is 1. The molecule has 0 aliphatic heterocycles. The van der Waals surface area contributed by atoms with E-state index in [4.69, 9.17) is 10.5 Å². The van der Waals surface area contributed by atoms with Gasteiger partial charge < -0.3 is 10.5 Å². The quantitative estimate of drug-likeness (QED) is 0.530. The number of aromatic nitrogens is 2. The Kier molecular flexibility index (Phi) is 10.4. The van der Waals surface area contributed by atoms with Crippen LogP contribution in [0.1, 0.15) is 81.6 Å². The Morgan fingerprint density at radius 3 is 2.23 bits per heavy atom. The second-order valence-electron chi connectivity index (χ2n) is 5.82. The second kappa shape index (κ2) is 12.2. The first-order chi connectivity index (χ1) is 10.7. The number of hydrogen-bond donors (Lipinski definition) is 1. The minimum absolute atomic E-state index is 0.280. The van der Waals surface area contributed by atoms with Gasteiger partial charge in [-0.05, 0) is 12.5 Å². The van der Waals surface area contributed by atoms with Gasteiger partial charge in [0.05, 0.1) is 0 Å². The fourth-order valence-electron chi connectivity index (χ4n) is 2.41. The molecule has 5 nitrogen and oxygen atoms in total. The molecule has 0 aliphatic rings. The van der Waals surface area contributed by atoms with Crippen LogP contribution >= 0.6 is 0 Å². The van der Waals surface area contributed by atoms with Crippen LogP contribution in [0.15, 0.2) is 12.3 Å². The summed E-state index contributed by atoms with van der Waals surface area (Å²) in [5.41, 5.74) is 5.42. The molecule has 0 fully saturated rings. The lowest BCUT2D eigenvalue weighted by Gasteiger charge is -2.05. The highest BCUT2D eigenvalue weighted by Gasteiger charge is 2.03. The number of ether oxygens (including phenoxy) is 1. The Labute approximate surface area is 134 Å². The third kappa shape index (κ3) is 8.82. The summed E-state index contributed by atoms with van der Waals surface area (Å²) in [4.78, 5) is 10.9. The maximum absolute atomic E-state index is 10.9. The van der Waals surface area contributed by atoms with Gasteiger partial charge in [0.25, 0.3) is 5.91 Å². The highest BCUT2D eigenvalue weighted by Crippen LogP contribution is 2.10. The number of nitrogens with two attached hydrogens (primary N) is 1. The average Bonchev–Trinajstić information content (AvgIpc) is 2.97. The van der Waals surface area contributed by atoms with Gasteiger partial charge in [0.15, 0.2) is 0 Å². The second-order valence-corrected chi connectivity index (χ2v) is 5.82. The lowest BCUT2D eigenvalue weighted by molar-refractivity contribution is 0.0654. The first kappa shape index (κ1) is 18.7. The molecule has 0 unspecified atom stereocenters. The molecule has 0 saturated carbocycles. The van der Waals surface area contributed by atoms with Crippen LogP contribution < -0.4 is 5.73 Å². The van der Waals surface area contributed by atoms with Crippen LogP contribution in [0.25, 0.3) is 0 Å². The number of rotatable bonds is 14. The summed E-state index contributed by atoms with van der Waals surface area (Å²) in [6.07, 6.45) is 14.9. The maximum Gasteiger partial charge on any atom is 0.269 e. The number of hydrogen-bond acceptors (Lipinski definition) is 3. The topological polar surface area (TPSA) is 70.1 Å². The molecule has 2 N–H and O–H groups in total. The molecule has 0 bridgehead atoms. The van der Waals surface area contributed by atoms with E-state index in [2.05, 4.69) is 12.0 Å². The molecule has 1 heterocycles. The van der Waals surface area contributed by atoms with Gasteiger partial charge >= 0.3 is 0 Å². The monoisotopic (exact) mass is 309 g/mol. The predicted octanol–water partition coefficient (Wildman–Crippen LogP) is 3.88. The van der Waals surface area contributed by atoms with Gasteiger partial charge in [0, 0.05) is 12.8 Å². The average molecular weight is 309 g/mol. The summed E-state index contributed by atoms with van der Waals surface area (Å²) >= 11 is 0. The number of primary amides is 1. The van der Waals surface area contributed by atoms with Crippen LogP contribution in [0.2, 0.25) is 0 Å². The Morgan fingerprint density at radius 1 is 1.09 bits per heavy atom. The first-order valence-electron chi connectivity index (χ1n) is 8.65. The Balaban J connectivity index is 1.86. The minimum atomic E-state index is -0.506. The minimum Gasteiger partial charge on any atom is -0.364 e. The van der Waals surface area contributed by atoms with Gasteiger partial charge in [-0.1, -0.05) is 64.7 Å². The summed E-state index contributed by atoms with van der Waals surface area (Å²) < 4.78 is 7.13. The van der Waals surface area contributed by atoms with Crippen molar-refractivity contribution in [2.45, 2.75) is 77.9 Å². The van der Waals surface area contributed by atoms with E-state index in [0.717, 1.165) is 13.0 Å². The molecule has 126 valence electrons. The van der Waals surface area contributed by atoms with Crippen LogP contribution in [-0.4, -0.2) is 22.3 Å². The van der Waals surface area contributed by atoms with Crippen molar-refractivity contribution in [1.82, 2.24) is 9.78 Å². The third-order valence-corrected chi connectivity index (χ3v) is 3.76. The van der Waals surface area contributed by atoms with Crippen molar-refractivity contribution in [3.05, 3.63) is 18.0 Å². The van der Waals surface area contributed by atoms with Crippen molar-refractivity contribution >= 4 is 5.91 Å². The summed E-state index contributed by atoms with van der Waals surface area (Å²) in [5, 5.41) is 4.02. The molecule has 1 aromatic rings. The molecule has 0 saturated heterocycles. The Hall–Kier alpha value is -1.36. The van der Waals surface area contributed by atoms with E-state index in [1.165, 1.54) is 57.8 Å². The molecule has 1 amide bonds. The van der Waals surface area contributed by atoms with E-state index in [9.17, 15) is 4.79 Å². The normalized spacial score (nSPS) is 11.0. The summed E-state index contributed by atoms with van der Waals surface area (Å²) in [7, 11) is 0. The smallest absolute Gasteiger partial charge is 0.269 e. The number of carbonyl (C=O) groups is 1. The van der Waals surface area contributed by atoms with Gasteiger partial charge in [-0.2, -0.15) is 5.10 Å². The Morgan fingerprint density at radius 2 is 1.68 bits per heavy atom. The van der Waals surface area contributed by atoms with Gasteiger partial charge in [-0.25, -0.2) is 4.68 Å². The van der Waals surface area contributed by atoms with E-state index in [1.807, 2.05) is 0 Å². The van der Waals surface area contributed by atoms with Crippen LogP contribution in [0.3, 0.4) is 0 Å². The standard InChI is InChI=1S/C17H31N3O2/c1-2-3-4-5-6-7-8-9-10-11-14-22-15-20-13-12-16(19-20)17(18)21/h12-13H,2-11,14-15H2,1H3,(H2,18,21). The highest BCUT2D eigenvalue weighted by atomic mass is 16.5. The van der Waals surface area contributed by atoms with Crippen molar-refractivity contribution in [3.63, 3.8) is 0 Å². The summed E-state index contributed by atoms with van der Waals surface area (Å²) in [6, 6.07) is 1.60. The van der Waals surface area contributed by atoms with Crippen LogP contribution in [-0.2, 0) is 11.5 Å². The lowest BCUT2D eigenvalue weighted by atomic mass is 10.1. The van der Waals surface area contributed by atoms with Crippen LogP contribution in [0, 0.1) is 0 Å². The fourth-order valence-corrected chi connectivity index (χ4v) is 2.41. The van der Waals surface area contributed by atoms with Gasteiger partial charge in [0.1, 0.15) is 12.4 Å². The molecule has 5 heteroatoms. The van der Waals surface area contributed by atoms with Crippen molar-refractivity contribution in [2.24, 2.45) is 5.73 Å². The molecular weight excluding hydrogens is 278 g/mol. The van der Waals surface area contributed by atoms with E-state index >= 15 is 0 Å².